The van der Waals surface area contributed by atoms with E-state index in [0.29, 0.717) is 17.3 Å². The summed E-state index contributed by atoms with van der Waals surface area (Å²) in [5.74, 6) is -0.837. The molecule has 2 aromatic rings. The molecule has 0 aliphatic carbocycles. The van der Waals surface area contributed by atoms with Crippen LogP contribution in [0.5, 0.6) is 5.88 Å². The average molecular weight is 292 g/mol. The SMILES string of the molecule is COc1ccc(CNC(=O)c2ccc(C(=O)O)s2)cn1. The van der Waals surface area contributed by atoms with Gasteiger partial charge in [-0.25, -0.2) is 9.78 Å². The molecule has 0 spiro atoms. The average Bonchev–Trinajstić information content (AvgIpc) is 2.95. The Bertz CT molecular complexity index is 622. The van der Waals surface area contributed by atoms with Crippen molar-refractivity contribution < 1.29 is 19.4 Å². The molecule has 0 saturated carbocycles. The number of carboxylic acids is 1. The Labute approximate surface area is 119 Å². The van der Waals surface area contributed by atoms with Crippen molar-refractivity contribution in [3.63, 3.8) is 0 Å². The highest BCUT2D eigenvalue weighted by Crippen LogP contribution is 2.16. The zero-order valence-corrected chi connectivity index (χ0v) is 11.4. The summed E-state index contributed by atoms with van der Waals surface area (Å²) in [7, 11) is 1.53. The molecule has 6 nitrogen and oxygen atoms in total. The third-order valence-electron chi connectivity index (χ3n) is 2.50. The smallest absolute Gasteiger partial charge is 0.345 e. The maximum atomic E-state index is 11.8. The Hall–Kier alpha value is -2.41. The summed E-state index contributed by atoms with van der Waals surface area (Å²) in [4.78, 5) is 27.1. The highest BCUT2D eigenvalue weighted by Gasteiger charge is 2.12. The van der Waals surface area contributed by atoms with Gasteiger partial charge >= 0.3 is 5.97 Å². The molecular formula is C13H12N2O4S. The number of aromatic carboxylic acids is 1. The predicted molar refractivity (Wildman–Crippen MR) is 73.2 cm³/mol. The van der Waals surface area contributed by atoms with Gasteiger partial charge in [-0.05, 0) is 17.7 Å². The minimum Gasteiger partial charge on any atom is -0.481 e. The molecule has 0 atom stereocenters. The van der Waals surface area contributed by atoms with Crippen LogP contribution in [0.1, 0.15) is 24.9 Å². The fourth-order valence-corrected chi connectivity index (χ4v) is 2.24. The Balaban J connectivity index is 1.95. The lowest BCUT2D eigenvalue weighted by Gasteiger charge is -2.04. The molecule has 0 fully saturated rings. The second kappa shape index (κ2) is 6.16. The van der Waals surface area contributed by atoms with Crippen LogP contribution in [0.4, 0.5) is 0 Å². The predicted octanol–water partition coefficient (Wildman–Crippen LogP) is 1.78. The Morgan fingerprint density at radius 1 is 1.30 bits per heavy atom. The summed E-state index contributed by atoms with van der Waals surface area (Å²) in [6, 6.07) is 6.41. The molecule has 0 saturated heterocycles. The first-order chi connectivity index (χ1) is 9.60. The molecule has 7 heteroatoms. The summed E-state index contributed by atoms with van der Waals surface area (Å²) in [5.41, 5.74) is 0.828. The van der Waals surface area contributed by atoms with Crippen LogP contribution in [0.15, 0.2) is 30.5 Å². The van der Waals surface area contributed by atoms with Crippen LogP contribution in [-0.2, 0) is 6.54 Å². The van der Waals surface area contributed by atoms with Crippen LogP contribution in [0.3, 0.4) is 0 Å². The maximum absolute atomic E-state index is 11.8. The number of carboxylic acid groups (broad SMARTS) is 1. The molecular weight excluding hydrogens is 280 g/mol. The summed E-state index contributed by atoms with van der Waals surface area (Å²) >= 11 is 0.943. The number of aromatic nitrogens is 1. The number of hydrogen-bond donors (Lipinski definition) is 2. The standard InChI is InChI=1S/C13H12N2O4S/c1-19-11-5-2-8(6-14-11)7-15-12(16)9-3-4-10(20-9)13(17)18/h2-6H,7H2,1H3,(H,15,16)(H,17,18). The Morgan fingerprint density at radius 2 is 2.05 bits per heavy atom. The van der Waals surface area contributed by atoms with Crippen molar-refractivity contribution >= 4 is 23.2 Å². The number of hydrogen-bond acceptors (Lipinski definition) is 5. The normalized spacial score (nSPS) is 10.1. The molecule has 0 unspecified atom stereocenters. The molecule has 2 aromatic heterocycles. The van der Waals surface area contributed by atoms with Crippen LogP contribution in [0.25, 0.3) is 0 Å². The largest absolute Gasteiger partial charge is 0.481 e. The minimum absolute atomic E-state index is 0.140. The fraction of sp³-hybridized carbons (Fsp3) is 0.154. The van der Waals surface area contributed by atoms with Gasteiger partial charge < -0.3 is 15.2 Å². The number of pyridine rings is 1. The summed E-state index contributed by atoms with van der Waals surface area (Å²) in [6.07, 6.45) is 1.61. The van der Waals surface area contributed by atoms with Gasteiger partial charge in [0.1, 0.15) is 4.88 Å². The van der Waals surface area contributed by atoms with Gasteiger partial charge in [-0.15, -0.1) is 11.3 Å². The highest BCUT2D eigenvalue weighted by molar-refractivity contribution is 7.15. The van der Waals surface area contributed by atoms with Gasteiger partial charge in [-0.1, -0.05) is 6.07 Å². The van der Waals surface area contributed by atoms with Gasteiger partial charge in [0, 0.05) is 18.8 Å². The van der Waals surface area contributed by atoms with E-state index in [-0.39, 0.29) is 10.8 Å². The molecule has 0 aromatic carbocycles. The molecule has 20 heavy (non-hydrogen) atoms. The van der Waals surface area contributed by atoms with Crippen molar-refractivity contribution in [1.29, 1.82) is 0 Å². The Morgan fingerprint density at radius 3 is 2.60 bits per heavy atom. The van der Waals surface area contributed by atoms with E-state index in [1.165, 1.54) is 19.2 Å². The lowest BCUT2D eigenvalue weighted by molar-refractivity contribution is 0.0702. The molecule has 1 amide bonds. The quantitative estimate of drug-likeness (QED) is 0.877. The lowest BCUT2D eigenvalue weighted by atomic mass is 10.3. The van der Waals surface area contributed by atoms with Crippen LogP contribution in [-0.4, -0.2) is 29.1 Å². The van der Waals surface area contributed by atoms with Crippen LogP contribution < -0.4 is 10.1 Å². The number of methoxy groups -OCH3 is 1. The first-order valence-corrected chi connectivity index (χ1v) is 6.52. The topological polar surface area (TPSA) is 88.5 Å². The van der Waals surface area contributed by atoms with Crippen molar-refractivity contribution in [2.45, 2.75) is 6.54 Å². The van der Waals surface area contributed by atoms with E-state index in [1.54, 1.807) is 18.3 Å². The zero-order chi connectivity index (χ0) is 14.5. The third-order valence-corrected chi connectivity index (χ3v) is 3.57. The van der Waals surface area contributed by atoms with Crippen molar-refractivity contribution in [3.05, 3.63) is 45.8 Å². The van der Waals surface area contributed by atoms with Crippen molar-refractivity contribution in [3.8, 4) is 5.88 Å². The number of carbonyl (C=O) groups is 2. The van der Waals surface area contributed by atoms with Crippen molar-refractivity contribution in [1.82, 2.24) is 10.3 Å². The second-order valence-corrected chi connectivity index (χ2v) is 4.94. The van der Waals surface area contributed by atoms with E-state index in [1.807, 2.05) is 0 Å². The Kier molecular flexibility index (Phi) is 4.31. The molecule has 104 valence electrons. The summed E-state index contributed by atoms with van der Waals surface area (Å²) in [5, 5.41) is 11.5. The lowest BCUT2D eigenvalue weighted by Crippen LogP contribution is -2.21. The van der Waals surface area contributed by atoms with Gasteiger partial charge in [-0.3, -0.25) is 4.79 Å². The van der Waals surface area contributed by atoms with Gasteiger partial charge in [0.15, 0.2) is 0 Å². The van der Waals surface area contributed by atoms with E-state index < -0.39 is 5.97 Å². The molecule has 0 aliphatic heterocycles. The number of ether oxygens (including phenoxy) is 1. The molecule has 0 radical (unpaired) electrons. The number of nitrogens with zero attached hydrogens (tertiary/aromatic N) is 1. The molecule has 0 aliphatic rings. The minimum atomic E-state index is -1.03. The number of rotatable bonds is 5. The van der Waals surface area contributed by atoms with E-state index in [4.69, 9.17) is 9.84 Å². The van der Waals surface area contributed by atoms with Gasteiger partial charge in [0.05, 0.1) is 12.0 Å². The first-order valence-electron chi connectivity index (χ1n) is 5.70. The number of amides is 1. The third kappa shape index (κ3) is 3.33. The molecule has 2 N–H and O–H groups in total. The molecule has 0 bridgehead atoms. The maximum Gasteiger partial charge on any atom is 0.345 e. The monoisotopic (exact) mass is 292 g/mol. The van der Waals surface area contributed by atoms with E-state index in [0.717, 1.165) is 16.9 Å². The summed E-state index contributed by atoms with van der Waals surface area (Å²) < 4.78 is 4.94. The van der Waals surface area contributed by atoms with Gasteiger partial charge in [-0.2, -0.15) is 0 Å². The first kappa shape index (κ1) is 14.0. The van der Waals surface area contributed by atoms with E-state index >= 15 is 0 Å². The van der Waals surface area contributed by atoms with Crippen LogP contribution in [0.2, 0.25) is 0 Å². The van der Waals surface area contributed by atoms with E-state index in [9.17, 15) is 9.59 Å². The van der Waals surface area contributed by atoms with E-state index in [2.05, 4.69) is 10.3 Å². The summed E-state index contributed by atoms with van der Waals surface area (Å²) in [6.45, 7) is 0.316. The van der Waals surface area contributed by atoms with Gasteiger partial charge in [0.25, 0.3) is 5.91 Å². The number of carbonyl (C=O) groups excluding carboxylic acids is 1. The van der Waals surface area contributed by atoms with Crippen LogP contribution in [0, 0.1) is 0 Å². The highest BCUT2D eigenvalue weighted by atomic mass is 32.1. The number of thiophene rings is 1. The second-order valence-electron chi connectivity index (χ2n) is 3.86. The fourth-order valence-electron chi connectivity index (χ4n) is 1.48. The van der Waals surface area contributed by atoms with Crippen molar-refractivity contribution in [2.24, 2.45) is 0 Å². The molecule has 2 heterocycles. The van der Waals surface area contributed by atoms with Crippen LogP contribution >= 0.6 is 11.3 Å². The number of nitrogens with one attached hydrogen (secondary N) is 1. The van der Waals surface area contributed by atoms with Crippen molar-refractivity contribution in [2.75, 3.05) is 7.11 Å². The van der Waals surface area contributed by atoms with Gasteiger partial charge in [0.2, 0.25) is 5.88 Å². The molecule has 2 rings (SSSR count). The zero-order valence-electron chi connectivity index (χ0n) is 10.6.